The van der Waals surface area contributed by atoms with E-state index in [1.165, 1.54) is 0 Å². The standard InChI is InChI=1S/C11H14N2OS/c1-8-7-12-11(15-8)13-9-4-3-5-10(6-9)14-2/h3-6,8H,7H2,1-2H3,(H,12,13). The molecule has 1 aliphatic heterocycles. The highest BCUT2D eigenvalue weighted by Crippen LogP contribution is 2.23. The van der Waals surface area contributed by atoms with Crippen LogP contribution in [0.1, 0.15) is 6.92 Å². The second-order valence-electron chi connectivity index (χ2n) is 3.43. The van der Waals surface area contributed by atoms with Gasteiger partial charge in [-0.25, -0.2) is 0 Å². The second kappa shape index (κ2) is 4.57. The first kappa shape index (κ1) is 10.4. The van der Waals surface area contributed by atoms with Gasteiger partial charge in [-0.2, -0.15) is 0 Å². The fourth-order valence-electron chi connectivity index (χ4n) is 1.37. The largest absolute Gasteiger partial charge is 0.497 e. The molecule has 0 aliphatic carbocycles. The predicted octanol–water partition coefficient (Wildman–Crippen LogP) is 2.60. The minimum Gasteiger partial charge on any atom is -0.497 e. The summed E-state index contributed by atoms with van der Waals surface area (Å²) in [5, 5.41) is 4.86. The van der Waals surface area contributed by atoms with Gasteiger partial charge in [-0.3, -0.25) is 4.99 Å². The molecule has 0 saturated heterocycles. The minimum absolute atomic E-state index is 0.582. The van der Waals surface area contributed by atoms with E-state index in [4.69, 9.17) is 4.74 Å². The van der Waals surface area contributed by atoms with Crippen molar-refractivity contribution >= 4 is 22.6 Å². The molecule has 0 aromatic heterocycles. The lowest BCUT2D eigenvalue weighted by atomic mass is 10.3. The van der Waals surface area contributed by atoms with E-state index in [1.807, 2.05) is 24.3 Å². The number of nitrogens with one attached hydrogen (secondary N) is 1. The van der Waals surface area contributed by atoms with Crippen LogP contribution < -0.4 is 10.1 Å². The first-order valence-electron chi connectivity index (χ1n) is 4.90. The Hall–Kier alpha value is -1.16. The predicted molar refractivity (Wildman–Crippen MR) is 66.0 cm³/mol. The third-order valence-electron chi connectivity index (χ3n) is 2.13. The first-order valence-corrected chi connectivity index (χ1v) is 5.78. The third-order valence-corrected chi connectivity index (χ3v) is 3.13. The highest BCUT2D eigenvalue weighted by atomic mass is 32.2. The molecule has 2 rings (SSSR count). The maximum absolute atomic E-state index is 5.15. The molecular weight excluding hydrogens is 208 g/mol. The molecule has 1 aromatic carbocycles. The van der Waals surface area contributed by atoms with Gasteiger partial charge in [-0.15, -0.1) is 0 Å². The highest BCUT2D eigenvalue weighted by Gasteiger charge is 2.14. The zero-order valence-corrected chi connectivity index (χ0v) is 9.67. The molecule has 0 saturated carbocycles. The second-order valence-corrected chi connectivity index (χ2v) is 4.86. The van der Waals surface area contributed by atoms with E-state index in [0.29, 0.717) is 5.25 Å². The lowest BCUT2D eigenvalue weighted by Gasteiger charge is -2.07. The summed E-state index contributed by atoms with van der Waals surface area (Å²) in [6, 6.07) is 7.86. The van der Waals surface area contributed by atoms with E-state index >= 15 is 0 Å². The van der Waals surface area contributed by atoms with Gasteiger partial charge in [0.1, 0.15) is 5.75 Å². The van der Waals surface area contributed by atoms with E-state index < -0.39 is 0 Å². The van der Waals surface area contributed by atoms with Crippen LogP contribution in [0.5, 0.6) is 5.75 Å². The summed E-state index contributed by atoms with van der Waals surface area (Å²) >= 11 is 1.77. The summed E-state index contributed by atoms with van der Waals surface area (Å²) in [6.07, 6.45) is 0. The molecule has 0 radical (unpaired) electrons. The maximum atomic E-state index is 5.15. The van der Waals surface area contributed by atoms with Crippen LogP contribution in [0.2, 0.25) is 0 Å². The number of thioether (sulfide) groups is 1. The van der Waals surface area contributed by atoms with Crippen molar-refractivity contribution in [3.8, 4) is 5.75 Å². The smallest absolute Gasteiger partial charge is 0.161 e. The fraction of sp³-hybridized carbons (Fsp3) is 0.364. The van der Waals surface area contributed by atoms with Crippen molar-refractivity contribution in [2.24, 2.45) is 4.99 Å². The van der Waals surface area contributed by atoms with Crippen molar-refractivity contribution in [3.05, 3.63) is 24.3 Å². The van der Waals surface area contributed by atoms with Crippen LogP contribution in [0.15, 0.2) is 29.3 Å². The number of benzene rings is 1. The van der Waals surface area contributed by atoms with Crippen LogP contribution >= 0.6 is 11.8 Å². The molecule has 1 N–H and O–H groups in total. The van der Waals surface area contributed by atoms with Gasteiger partial charge in [0.2, 0.25) is 0 Å². The topological polar surface area (TPSA) is 33.6 Å². The van der Waals surface area contributed by atoms with E-state index in [1.54, 1.807) is 18.9 Å². The number of rotatable bonds is 2. The molecule has 0 fully saturated rings. The van der Waals surface area contributed by atoms with Crippen molar-refractivity contribution in [1.82, 2.24) is 0 Å². The summed E-state index contributed by atoms with van der Waals surface area (Å²) in [6.45, 7) is 3.07. The number of nitrogens with zero attached hydrogens (tertiary/aromatic N) is 1. The summed E-state index contributed by atoms with van der Waals surface area (Å²) in [7, 11) is 1.67. The van der Waals surface area contributed by atoms with E-state index in [-0.39, 0.29) is 0 Å². The molecule has 15 heavy (non-hydrogen) atoms. The van der Waals surface area contributed by atoms with Gasteiger partial charge >= 0.3 is 0 Å². The molecule has 1 unspecified atom stereocenters. The zero-order chi connectivity index (χ0) is 10.7. The lowest BCUT2D eigenvalue weighted by molar-refractivity contribution is 0.415. The fourth-order valence-corrected chi connectivity index (χ4v) is 2.23. The molecule has 1 heterocycles. The number of hydrogen-bond acceptors (Lipinski definition) is 4. The molecule has 4 heteroatoms. The van der Waals surface area contributed by atoms with Crippen LogP contribution in [-0.4, -0.2) is 24.1 Å². The normalized spacial score (nSPS) is 19.9. The summed E-state index contributed by atoms with van der Waals surface area (Å²) in [4.78, 5) is 4.40. The van der Waals surface area contributed by atoms with Crippen molar-refractivity contribution in [2.45, 2.75) is 12.2 Å². The maximum Gasteiger partial charge on any atom is 0.161 e. The van der Waals surface area contributed by atoms with E-state index in [0.717, 1.165) is 23.1 Å². The van der Waals surface area contributed by atoms with Crippen LogP contribution in [0.4, 0.5) is 5.69 Å². The van der Waals surface area contributed by atoms with Gasteiger partial charge in [0.15, 0.2) is 5.17 Å². The van der Waals surface area contributed by atoms with Gasteiger partial charge in [0, 0.05) is 17.0 Å². The average molecular weight is 222 g/mol. The van der Waals surface area contributed by atoms with Gasteiger partial charge in [-0.1, -0.05) is 24.8 Å². The molecule has 0 spiro atoms. The van der Waals surface area contributed by atoms with Crippen molar-refractivity contribution in [3.63, 3.8) is 0 Å². The van der Waals surface area contributed by atoms with Crippen LogP contribution in [0.3, 0.4) is 0 Å². The van der Waals surface area contributed by atoms with E-state index in [2.05, 4.69) is 17.2 Å². The number of methoxy groups -OCH3 is 1. The Morgan fingerprint density at radius 3 is 3.07 bits per heavy atom. The summed E-state index contributed by atoms with van der Waals surface area (Å²) < 4.78 is 5.15. The third kappa shape index (κ3) is 2.65. The monoisotopic (exact) mass is 222 g/mol. The van der Waals surface area contributed by atoms with Crippen LogP contribution in [0, 0.1) is 0 Å². The Labute approximate surface area is 93.9 Å². The number of anilines is 1. The number of aliphatic imine (C=N–C) groups is 1. The molecule has 1 aromatic rings. The first-order chi connectivity index (χ1) is 7.28. The Bertz CT molecular complexity index is 379. The number of amidine groups is 1. The van der Waals surface area contributed by atoms with Gasteiger partial charge in [-0.05, 0) is 12.1 Å². The molecule has 3 nitrogen and oxygen atoms in total. The quantitative estimate of drug-likeness (QED) is 0.835. The highest BCUT2D eigenvalue weighted by molar-refractivity contribution is 8.15. The van der Waals surface area contributed by atoms with Gasteiger partial charge < -0.3 is 10.1 Å². The average Bonchev–Trinajstić information content (AvgIpc) is 2.64. The Morgan fingerprint density at radius 2 is 2.40 bits per heavy atom. The zero-order valence-electron chi connectivity index (χ0n) is 8.86. The van der Waals surface area contributed by atoms with Gasteiger partial charge in [0.05, 0.1) is 13.7 Å². The molecule has 0 bridgehead atoms. The SMILES string of the molecule is COc1cccc(NC2=NCC(C)S2)c1. The number of ether oxygens (including phenoxy) is 1. The van der Waals surface area contributed by atoms with Gasteiger partial charge in [0.25, 0.3) is 0 Å². The van der Waals surface area contributed by atoms with Crippen molar-refractivity contribution in [2.75, 3.05) is 19.0 Å². The summed E-state index contributed by atoms with van der Waals surface area (Å²) in [5.74, 6) is 0.858. The minimum atomic E-state index is 0.582. The van der Waals surface area contributed by atoms with E-state index in [9.17, 15) is 0 Å². The molecule has 0 amide bonds. The van der Waals surface area contributed by atoms with Crippen molar-refractivity contribution < 1.29 is 4.74 Å². The molecular formula is C11H14N2OS. The summed E-state index contributed by atoms with van der Waals surface area (Å²) in [5.41, 5.74) is 1.02. The molecule has 1 aliphatic rings. The Morgan fingerprint density at radius 1 is 1.53 bits per heavy atom. The Balaban J connectivity index is 2.04. The lowest BCUT2D eigenvalue weighted by Crippen LogP contribution is -2.05. The van der Waals surface area contributed by atoms with Crippen LogP contribution in [0.25, 0.3) is 0 Å². The van der Waals surface area contributed by atoms with Crippen molar-refractivity contribution in [1.29, 1.82) is 0 Å². The molecule has 80 valence electrons. The number of hydrogen-bond donors (Lipinski definition) is 1. The van der Waals surface area contributed by atoms with Crippen LogP contribution in [-0.2, 0) is 0 Å². The Kier molecular flexibility index (Phi) is 3.16. The molecule has 1 atom stereocenters.